The molecule has 0 bridgehead atoms. The van der Waals surface area contributed by atoms with Gasteiger partial charge in [-0.05, 0) is 120 Å². The number of methoxy groups -OCH3 is 2. The molecule has 0 spiro atoms. The van der Waals surface area contributed by atoms with Crippen molar-refractivity contribution in [1.82, 2.24) is 20.6 Å². The highest BCUT2D eigenvalue weighted by Gasteiger charge is 2.43. The number of aromatic nitrogens is 2. The average Bonchev–Trinajstić information content (AvgIpc) is 4.18. The van der Waals surface area contributed by atoms with Crippen molar-refractivity contribution in [3.8, 4) is 28.7 Å². The van der Waals surface area contributed by atoms with E-state index in [1.165, 1.54) is 45.7 Å². The smallest absolute Gasteiger partial charge is 0.329 e. The number of carbonyl (C=O) groups excluding carboxylic acids is 8. The number of hydrogen-bond acceptors (Lipinski definition) is 20. The summed E-state index contributed by atoms with van der Waals surface area (Å²) in [6.07, 6.45) is 4.80. The molecule has 2 saturated heterocycles. The molecule has 81 heavy (non-hydrogen) atoms. The molecular formula is C59H76N4O18. The summed E-state index contributed by atoms with van der Waals surface area (Å²) in [5.74, 6) is -5.41. The molecule has 2 saturated carbocycles. The molecule has 2 aliphatic carbocycles. The Balaban J connectivity index is 0.979. The number of benzene rings is 1. The Kier molecular flexibility index (Phi) is 21.8. The van der Waals surface area contributed by atoms with E-state index >= 15 is 0 Å². The van der Waals surface area contributed by atoms with Crippen LogP contribution in [0.2, 0.25) is 0 Å². The van der Waals surface area contributed by atoms with Crippen LogP contribution < -0.4 is 34.3 Å². The Labute approximate surface area is 471 Å². The van der Waals surface area contributed by atoms with E-state index in [0.717, 1.165) is 31.7 Å². The molecule has 2 aliphatic heterocycles. The van der Waals surface area contributed by atoms with Crippen molar-refractivity contribution in [2.45, 2.75) is 180 Å². The first-order valence-electron chi connectivity index (χ1n) is 28.1. The van der Waals surface area contributed by atoms with Gasteiger partial charge in [0.05, 0.1) is 32.2 Å². The zero-order chi connectivity index (χ0) is 58.3. The summed E-state index contributed by atoms with van der Waals surface area (Å²) in [7, 11) is 2.70. The van der Waals surface area contributed by atoms with Gasteiger partial charge < -0.3 is 58.0 Å². The van der Waals surface area contributed by atoms with Gasteiger partial charge in [-0.25, -0.2) is 19.6 Å². The fourth-order valence-corrected chi connectivity index (χ4v) is 10.9. The minimum Gasteiger partial charge on any atom is -0.493 e. The molecule has 0 radical (unpaired) electrons. The summed E-state index contributed by atoms with van der Waals surface area (Å²) >= 11 is 0. The number of esters is 6. The quantitative estimate of drug-likeness (QED) is 0.0908. The number of nitrogens with one attached hydrogen (secondary N) is 2. The van der Waals surface area contributed by atoms with Gasteiger partial charge in [0.25, 0.3) is 11.8 Å². The summed E-state index contributed by atoms with van der Waals surface area (Å²) in [5.41, 5.74) is 0.501. The third-order valence-electron chi connectivity index (χ3n) is 14.9. The van der Waals surface area contributed by atoms with Crippen LogP contribution in [0, 0.1) is 23.7 Å². The third-order valence-corrected chi connectivity index (χ3v) is 14.9. The predicted molar refractivity (Wildman–Crippen MR) is 287 cm³/mol. The van der Waals surface area contributed by atoms with Crippen LogP contribution in [0.25, 0.3) is 0 Å². The average molecular weight is 1130 g/mol. The Morgan fingerprint density at radius 2 is 1.14 bits per heavy atom. The Morgan fingerprint density at radius 1 is 0.617 bits per heavy atom. The van der Waals surface area contributed by atoms with E-state index < -0.39 is 102 Å². The molecule has 10 atom stereocenters. The standard InChI is InChI=1S/C59H76N4O18/c1-32(2)31-74-46-17-11-15-42(62-54(66)48-52(77-35(5)64)44(72-7)25-27-60-48)58(70)75-33(3)50(46)79-41-23-20-37(21-24-41)29-38-19-22-40(30-38)57(69)80-47-18-12-16-43(59(71)76-34(4)51(47)81-56(68)39-13-9-10-14-39)63-55(67)49-53(78-36(6)65)45(73-8)26-28-61-49/h20-21,23-28,32-34,38-40,42-43,46-47,50-51H,9-19,22,29-31H2,1-8H3,(H,62,66)(H,63,67). The molecule has 2 N–H and O–H groups in total. The molecule has 10 unspecified atom stereocenters. The Bertz CT molecular complexity index is 2710. The van der Waals surface area contributed by atoms with Gasteiger partial charge in [-0.15, -0.1) is 0 Å². The second-order valence-corrected chi connectivity index (χ2v) is 21.7. The molecule has 2 amide bonds. The highest BCUT2D eigenvalue weighted by molar-refractivity contribution is 5.99. The number of rotatable bonds is 19. The third kappa shape index (κ3) is 16.6. The lowest BCUT2D eigenvalue weighted by Crippen LogP contribution is -2.47. The fraction of sp³-hybridized carbons (Fsp3) is 0.593. The summed E-state index contributed by atoms with van der Waals surface area (Å²) in [5, 5.41) is 5.37. The van der Waals surface area contributed by atoms with Crippen LogP contribution in [0.15, 0.2) is 48.8 Å². The minimum absolute atomic E-state index is 0.0747. The molecule has 440 valence electrons. The molecule has 4 aliphatic rings. The van der Waals surface area contributed by atoms with Crippen molar-refractivity contribution in [1.29, 1.82) is 0 Å². The van der Waals surface area contributed by atoms with Crippen LogP contribution in [0.4, 0.5) is 0 Å². The van der Waals surface area contributed by atoms with Gasteiger partial charge in [-0.2, -0.15) is 0 Å². The second kappa shape index (κ2) is 28.9. The predicted octanol–water partition coefficient (Wildman–Crippen LogP) is 6.93. The van der Waals surface area contributed by atoms with Crippen molar-refractivity contribution < 1.29 is 85.7 Å². The lowest BCUT2D eigenvalue weighted by atomic mass is 9.96. The zero-order valence-electron chi connectivity index (χ0n) is 47.4. The maximum absolute atomic E-state index is 14.2. The van der Waals surface area contributed by atoms with Gasteiger partial charge in [-0.1, -0.05) is 38.8 Å². The maximum atomic E-state index is 14.2. The van der Waals surface area contributed by atoms with E-state index in [0.29, 0.717) is 57.3 Å². The normalized spacial score (nSPS) is 25.4. The zero-order valence-corrected chi connectivity index (χ0v) is 47.4. The number of ether oxygens (including phenoxy) is 10. The molecule has 1 aromatic carbocycles. The largest absolute Gasteiger partial charge is 0.493 e. The summed E-state index contributed by atoms with van der Waals surface area (Å²) in [6.45, 7) is 10.1. The Morgan fingerprint density at radius 3 is 1.65 bits per heavy atom. The van der Waals surface area contributed by atoms with Crippen LogP contribution in [0.3, 0.4) is 0 Å². The lowest BCUT2D eigenvalue weighted by Gasteiger charge is -2.32. The number of amides is 2. The summed E-state index contributed by atoms with van der Waals surface area (Å²) < 4.78 is 58.4. The van der Waals surface area contributed by atoms with Crippen LogP contribution >= 0.6 is 0 Å². The molecule has 22 nitrogen and oxygen atoms in total. The second-order valence-electron chi connectivity index (χ2n) is 21.7. The summed E-state index contributed by atoms with van der Waals surface area (Å²) in [6, 6.07) is 8.25. The number of cyclic esters (lactones) is 2. The van der Waals surface area contributed by atoms with Crippen molar-refractivity contribution >= 4 is 47.6 Å². The van der Waals surface area contributed by atoms with E-state index in [2.05, 4.69) is 20.6 Å². The monoisotopic (exact) mass is 1130 g/mol. The van der Waals surface area contributed by atoms with E-state index in [1.807, 2.05) is 38.1 Å². The molecular weight excluding hydrogens is 1050 g/mol. The number of carbonyl (C=O) groups is 8. The van der Waals surface area contributed by atoms with Crippen LogP contribution in [0.1, 0.15) is 152 Å². The fourth-order valence-electron chi connectivity index (χ4n) is 10.9. The van der Waals surface area contributed by atoms with E-state index in [-0.39, 0.29) is 77.8 Å². The Hall–Kier alpha value is -7.36. The minimum atomic E-state index is -1.18. The van der Waals surface area contributed by atoms with Gasteiger partial charge in [-0.3, -0.25) is 28.8 Å². The molecule has 2 aromatic heterocycles. The van der Waals surface area contributed by atoms with Crippen LogP contribution in [-0.2, 0) is 58.9 Å². The highest BCUT2D eigenvalue weighted by atomic mass is 16.6. The van der Waals surface area contributed by atoms with Crippen molar-refractivity contribution in [3.05, 3.63) is 65.7 Å². The van der Waals surface area contributed by atoms with Crippen molar-refractivity contribution in [2.75, 3.05) is 20.8 Å². The molecule has 4 fully saturated rings. The van der Waals surface area contributed by atoms with Crippen LogP contribution in [-0.4, -0.2) is 127 Å². The van der Waals surface area contributed by atoms with Gasteiger partial charge in [0, 0.05) is 45.0 Å². The van der Waals surface area contributed by atoms with Crippen LogP contribution in [0.5, 0.6) is 28.7 Å². The summed E-state index contributed by atoms with van der Waals surface area (Å²) in [4.78, 5) is 114. The number of nitrogens with zero attached hydrogens (tertiary/aromatic N) is 2. The molecule has 7 rings (SSSR count). The first kappa shape index (κ1) is 61.3. The molecule has 3 aromatic rings. The van der Waals surface area contributed by atoms with E-state index in [1.54, 1.807) is 13.8 Å². The van der Waals surface area contributed by atoms with Gasteiger partial charge in [0.1, 0.15) is 36.1 Å². The lowest BCUT2D eigenvalue weighted by molar-refractivity contribution is -0.188. The number of hydrogen-bond donors (Lipinski definition) is 2. The first-order chi connectivity index (χ1) is 38.8. The maximum Gasteiger partial charge on any atom is 0.329 e. The van der Waals surface area contributed by atoms with Gasteiger partial charge in [0.15, 0.2) is 35.1 Å². The van der Waals surface area contributed by atoms with E-state index in [4.69, 9.17) is 47.4 Å². The number of pyridine rings is 2. The van der Waals surface area contributed by atoms with E-state index in [9.17, 15) is 38.4 Å². The molecule has 4 heterocycles. The topological polar surface area (TPSA) is 279 Å². The van der Waals surface area contributed by atoms with Crippen molar-refractivity contribution in [2.24, 2.45) is 23.7 Å². The van der Waals surface area contributed by atoms with Crippen molar-refractivity contribution in [3.63, 3.8) is 0 Å². The highest BCUT2D eigenvalue weighted by Crippen LogP contribution is 2.37. The molecule has 22 heteroatoms. The van der Waals surface area contributed by atoms with Gasteiger partial charge >= 0.3 is 35.8 Å². The SMILES string of the molecule is COc1ccnc(C(=O)NC2CCCC(OC(=O)C3CCC(Cc4ccc(OC5C(C)OC(=O)C(NC(=O)c6nccc(OC)c6OC(C)=O)CCCC5OCC(C)C)cc4)C3)C(OC(=O)C3CCCC3)C(C)OC2=O)c1OC(C)=O. The first-order valence-corrected chi connectivity index (χ1v) is 28.1. The van der Waals surface area contributed by atoms with Gasteiger partial charge in [0.2, 0.25) is 11.5 Å².